The molecule has 2 heterocycles. The second kappa shape index (κ2) is 2.67. The normalized spacial score (nSPS) is 42.8. The number of nitrogens with zero attached hydrogens (tertiary/aromatic N) is 1. The van der Waals surface area contributed by atoms with Crippen LogP contribution in [-0.4, -0.2) is 41.4 Å². The molecule has 1 saturated carbocycles. The van der Waals surface area contributed by atoms with Crippen LogP contribution >= 0.6 is 0 Å². The van der Waals surface area contributed by atoms with Gasteiger partial charge in [-0.25, -0.2) is 4.39 Å². The molecular weight excluding hydrogens is 157 g/mol. The Bertz CT molecular complexity index is 179. The maximum Gasteiger partial charge on any atom is 0.117 e. The lowest BCUT2D eigenvalue weighted by Crippen LogP contribution is -2.45. The van der Waals surface area contributed by atoms with Gasteiger partial charge in [0, 0.05) is 18.6 Å². The molecule has 1 N–H and O–H groups in total. The largest absolute Gasteiger partial charge is 0.389 e. The minimum Gasteiger partial charge on any atom is -0.389 e. The number of alkyl halides is 1. The summed E-state index contributed by atoms with van der Waals surface area (Å²) in [6, 6.07) is 0. The van der Waals surface area contributed by atoms with Crippen molar-refractivity contribution in [2.75, 3.05) is 19.8 Å². The highest BCUT2D eigenvalue weighted by Gasteiger charge is 2.52. The van der Waals surface area contributed by atoms with E-state index in [0.29, 0.717) is 12.1 Å². The average Bonchev–Trinajstić information content (AvgIpc) is 2.41. The van der Waals surface area contributed by atoms with Gasteiger partial charge in [-0.15, -0.1) is 0 Å². The van der Waals surface area contributed by atoms with Crippen LogP contribution in [0.5, 0.6) is 0 Å². The fourth-order valence-corrected chi connectivity index (χ4v) is 2.70. The quantitative estimate of drug-likeness (QED) is 0.682. The SMILES string of the molecule is CC12CC(CN1CC(O)CF)C2. The first-order valence-electron chi connectivity index (χ1n) is 4.63. The highest BCUT2D eigenvalue weighted by molar-refractivity contribution is 5.07. The molecule has 0 spiro atoms. The van der Waals surface area contributed by atoms with Crippen LogP contribution < -0.4 is 0 Å². The van der Waals surface area contributed by atoms with Crippen molar-refractivity contribution in [1.82, 2.24) is 4.90 Å². The third-order valence-corrected chi connectivity index (χ3v) is 3.31. The van der Waals surface area contributed by atoms with Gasteiger partial charge in [-0.1, -0.05) is 0 Å². The molecule has 2 nitrogen and oxygen atoms in total. The molecule has 3 heteroatoms. The molecule has 3 fully saturated rings. The van der Waals surface area contributed by atoms with Crippen LogP contribution in [0.3, 0.4) is 0 Å². The van der Waals surface area contributed by atoms with Crippen LogP contribution in [0.15, 0.2) is 0 Å². The second-order valence-electron chi connectivity index (χ2n) is 4.48. The van der Waals surface area contributed by atoms with Crippen molar-refractivity contribution in [3.8, 4) is 0 Å². The highest BCUT2D eigenvalue weighted by atomic mass is 19.1. The fourth-order valence-electron chi connectivity index (χ4n) is 2.70. The Morgan fingerprint density at radius 2 is 2.33 bits per heavy atom. The number of β-amino-alcohol motifs (C(OH)–C–C–N with tert-alkyl or cyclic N) is 1. The average molecular weight is 173 g/mol. The molecule has 0 aromatic carbocycles. The third kappa shape index (κ3) is 1.15. The van der Waals surface area contributed by atoms with Crippen LogP contribution in [-0.2, 0) is 0 Å². The lowest BCUT2D eigenvalue weighted by atomic mass is 9.75. The predicted octanol–water partition coefficient (Wildman–Crippen LogP) is 0.801. The van der Waals surface area contributed by atoms with Gasteiger partial charge in [-0.05, 0) is 25.7 Å². The molecule has 1 atom stereocenters. The minimum absolute atomic E-state index is 0.292. The topological polar surface area (TPSA) is 23.5 Å². The molecular formula is C9H16FNO. The molecule has 1 unspecified atom stereocenters. The summed E-state index contributed by atoms with van der Waals surface area (Å²) in [7, 11) is 0. The van der Waals surface area contributed by atoms with E-state index in [0.717, 1.165) is 12.5 Å². The van der Waals surface area contributed by atoms with Crippen LogP contribution in [0.4, 0.5) is 4.39 Å². The molecule has 0 aromatic heterocycles. The number of hydrogen-bond acceptors (Lipinski definition) is 2. The van der Waals surface area contributed by atoms with E-state index in [4.69, 9.17) is 5.11 Å². The molecule has 2 aliphatic heterocycles. The molecule has 12 heavy (non-hydrogen) atoms. The van der Waals surface area contributed by atoms with E-state index >= 15 is 0 Å². The zero-order chi connectivity index (χ0) is 8.77. The Kier molecular flexibility index (Phi) is 1.88. The summed E-state index contributed by atoms with van der Waals surface area (Å²) in [6.45, 7) is 3.18. The molecule has 2 saturated heterocycles. The highest BCUT2D eigenvalue weighted by Crippen LogP contribution is 2.49. The first kappa shape index (κ1) is 8.45. The van der Waals surface area contributed by atoms with Crippen molar-refractivity contribution < 1.29 is 9.50 Å². The van der Waals surface area contributed by atoms with Gasteiger partial charge >= 0.3 is 0 Å². The van der Waals surface area contributed by atoms with Gasteiger partial charge in [0.2, 0.25) is 0 Å². The Morgan fingerprint density at radius 1 is 1.67 bits per heavy atom. The first-order valence-corrected chi connectivity index (χ1v) is 4.63. The van der Waals surface area contributed by atoms with Crippen molar-refractivity contribution in [2.45, 2.75) is 31.4 Å². The summed E-state index contributed by atoms with van der Waals surface area (Å²) in [6.07, 6.45) is 1.71. The van der Waals surface area contributed by atoms with Gasteiger partial charge in [0.1, 0.15) is 6.67 Å². The lowest BCUT2D eigenvalue weighted by molar-refractivity contribution is 0.0531. The maximum absolute atomic E-state index is 12.0. The number of aliphatic hydroxyl groups is 1. The standard InChI is InChI=1S/C9H16FNO/c1-9-2-7(3-9)5-11(9)6-8(12)4-10/h7-8,12H,2-6H2,1H3. The van der Waals surface area contributed by atoms with Crippen LogP contribution in [0.1, 0.15) is 19.8 Å². The van der Waals surface area contributed by atoms with Crippen molar-refractivity contribution in [3.63, 3.8) is 0 Å². The molecule has 0 radical (unpaired) electrons. The zero-order valence-corrected chi connectivity index (χ0v) is 7.46. The minimum atomic E-state index is -0.777. The van der Waals surface area contributed by atoms with Crippen molar-refractivity contribution in [2.24, 2.45) is 5.92 Å². The van der Waals surface area contributed by atoms with Crippen molar-refractivity contribution in [1.29, 1.82) is 0 Å². The number of rotatable bonds is 3. The van der Waals surface area contributed by atoms with Crippen LogP contribution in [0.2, 0.25) is 0 Å². The first-order chi connectivity index (χ1) is 5.64. The summed E-state index contributed by atoms with van der Waals surface area (Å²) in [5.74, 6) is 0.821. The number of hydrogen-bond donors (Lipinski definition) is 1. The second-order valence-corrected chi connectivity index (χ2v) is 4.48. The van der Waals surface area contributed by atoms with Gasteiger partial charge in [0.05, 0.1) is 6.10 Å². The molecule has 0 aromatic rings. The van der Waals surface area contributed by atoms with Crippen LogP contribution in [0.25, 0.3) is 0 Å². The van der Waals surface area contributed by atoms with E-state index in [1.165, 1.54) is 12.8 Å². The van der Waals surface area contributed by atoms with Gasteiger partial charge in [-0.3, -0.25) is 4.90 Å². The smallest absolute Gasteiger partial charge is 0.117 e. The fraction of sp³-hybridized carbons (Fsp3) is 1.00. The molecule has 3 rings (SSSR count). The summed E-state index contributed by atoms with van der Waals surface area (Å²) < 4.78 is 12.0. The Hall–Kier alpha value is -0.150. The van der Waals surface area contributed by atoms with E-state index in [2.05, 4.69) is 11.8 Å². The molecule has 3 aliphatic rings. The molecule has 70 valence electrons. The van der Waals surface area contributed by atoms with Gasteiger partial charge < -0.3 is 5.11 Å². The molecule has 1 aliphatic carbocycles. The van der Waals surface area contributed by atoms with Crippen molar-refractivity contribution >= 4 is 0 Å². The number of halogens is 1. The van der Waals surface area contributed by atoms with Gasteiger partial charge in [0.25, 0.3) is 0 Å². The van der Waals surface area contributed by atoms with Crippen molar-refractivity contribution in [3.05, 3.63) is 0 Å². The molecule has 0 amide bonds. The van der Waals surface area contributed by atoms with E-state index in [-0.39, 0.29) is 0 Å². The summed E-state index contributed by atoms with van der Waals surface area (Å²) in [5, 5.41) is 9.15. The maximum atomic E-state index is 12.0. The summed E-state index contributed by atoms with van der Waals surface area (Å²) >= 11 is 0. The van der Waals surface area contributed by atoms with E-state index in [1.54, 1.807) is 0 Å². The van der Waals surface area contributed by atoms with E-state index < -0.39 is 12.8 Å². The summed E-state index contributed by atoms with van der Waals surface area (Å²) in [4.78, 5) is 2.24. The zero-order valence-electron chi connectivity index (χ0n) is 7.46. The van der Waals surface area contributed by atoms with E-state index in [9.17, 15) is 4.39 Å². The summed E-state index contributed by atoms with van der Waals surface area (Å²) in [5.41, 5.74) is 0.292. The monoisotopic (exact) mass is 173 g/mol. The number of aliphatic hydroxyl groups excluding tert-OH is 1. The van der Waals surface area contributed by atoms with Crippen LogP contribution in [0, 0.1) is 5.92 Å². The van der Waals surface area contributed by atoms with Gasteiger partial charge in [-0.2, -0.15) is 0 Å². The number of fused-ring (bicyclic) bond motifs is 1. The Morgan fingerprint density at radius 3 is 2.75 bits per heavy atom. The Labute approximate surface area is 72.4 Å². The predicted molar refractivity (Wildman–Crippen MR) is 44.7 cm³/mol. The van der Waals surface area contributed by atoms with Gasteiger partial charge in [0.15, 0.2) is 0 Å². The lowest BCUT2D eigenvalue weighted by Gasteiger charge is -2.39. The molecule has 2 bridgehead atoms. The van der Waals surface area contributed by atoms with E-state index in [1.807, 2.05) is 0 Å². The third-order valence-electron chi connectivity index (χ3n) is 3.31. The Balaban J connectivity index is 1.89.